The molecule has 7 nitrogen and oxygen atoms in total. The van der Waals surface area contributed by atoms with Crippen LogP contribution in [0.5, 0.6) is 0 Å². The molecular formula is C33H46N2O5S. The van der Waals surface area contributed by atoms with E-state index < -0.39 is 15.9 Å². The molecule has 1 heterocycles. The molecule has 0 aliphatic rings. The van der Waals surface area contributed by atoms with E-state index in [2.05, 4.69) is 0 Å². The lowest BCUT2D eigenvalue weighted by atomic mass is 9.87. The number of aryl methyl sites for hydroxylation is 2. The van der Waals surface area contributed by atoms with E-state index in [1.165, 1.54) is 4.57 Å². The first-order valence-corrected chi connectivity index (χ1v) is 15.9. The van der Waals surface area contributed by atoms with E-state index >= 15 is 0 Å². The van der Waals surface area contributed by atoms with Crippen molar-refractivity contribution in [2.24, 2.45) is 7.05 Å². The Kier molecular flexibility index (Phi) is 13.0. The van der Waals surface area contributed by atoms with Crippen LogP contribution >= 0.6 is 0 Å². The molecule has 8 heteroatoms. The second-order valence-corrected chi connectivity index (χ2v) is 12.1. The van der Waals surface area contributed by atoms with Crippen molar-refractivity contribution < 1.29 is 17.9 Å². The Morgan fingerprint density at radius 1 is 1.00 bits per heavy atom. The van der Waals surface area contributed by atoms with E-state index in [0.717, 1.165) is 22.3 Å². The highest BCUT2D eigenvalue weighted by Crippen LogP contribution is 2.32. The Hall–Kier alpha value is -3.23. The van der Waals surface area contributed by atoms with Crippen LogP contribution in [0.15, 0.2) is 70.5 Å². The second-order valence-electron chi connectivity index (χ2n) is 10.2. The number of carbonyl (C=O) groups excluding carboxylic acids is 1. The normalized spacial score (nSPS) is 12.1. The van der Waals surface area contributed by atoms with E-state index in [4.69, 9.17) is 4.74 Å². The molecule has 1 unspecified atom stereocenters. The quantitative estimate of drug-likeness (QED) is 0.227. The lowest BCUT2D eigenvalue weighted by Gasteiger charge is -2.26. The molecule has 224 valence electrons. The topological polar surface area (TPSA) is 85.7 Å². The largest absolute Gasteiger partial charge is 0.466 e. The molecule has 0 bridgehead atoms. The number of nitrogens with zero attached hydrogens (tertiary/aromatic N) is 2. The summed E-state index contributed by atoms with van der Waals surface area (Å²) >= 11 is 0. The second kappa shape index (κ2) is 15.7. The maximum absolute atomic E-state index is 13.9. The first kappa shape index (κ1) is 34.0. The molecule has 0 aliphatic heterocycles. The summed E-state index contributed by atoms with van der Waals surface area (Å²) < 4.78 is 36.1. The van der Waals surface area contributed by atoms with Gasteiger partial charge in [0.15, 0.2) is 0 Å². The van der Waals surface area contributed by atoms with Crippen molar-refractivity contribution in [3.63, 3.8) is 0 Å². The number of benzene rings is 2. The van der Waals surface area contributed by atoms with Gasteiger partial charge in [-0.1, -0.05) is 71.0 Å². The Morgan fingerprint density at radius 3 is 2.27 bits per heavy atom. The van der Waals surface area contributed by atoms with E-state index in [1.807, 2.05) is 77.9 Å². The summed E-state index contributed by atoms with van der Waals surface area (Å²) in [5.74, 6) is -0.701. The van der Waals surface area contributed by atoms with Gasteiger partial charge in [0.05, 0.1) is 17.9 Å². The van der Waals surface area contributed by atoms with Gasteiger partial charge >= 0.3 is 5.97 Å². The summed E-state index contributed by atoms with van der Waals surface area (Å²) in [6, 6.07) is 16.4. The maximum atomic E-state index is 13.9. The van der Waals surface area contributed by atoms with Crippen molar-refractivity contribution in [3.05, 3.63) is 99.0 Å². The standard InChI is InChI=1S/C31H40N2O5S.C2H6/c1-7-16-33(39(36,37)29-12-10-9-11-27(29)22(3)4)21-26-18-24(14-13-23(26)5)28(20-31(35)38-8-2)25-15-17-32(6)30(34)19-25;1-2/h9-15,17-19,22,28H,7-8,16,20-21H2,1-6H3;1-2H3. The lowest BCUT2D eigenvalue weighted by molar-refractivity contribution is -0.143. The highest BCUT2D eigenvalue weighted by Gasteiger charge is 2.28. The summed E-state index contributed by atoms with van der Waals surface area (Å²) in [7, 11) is -2.08. The van der Waals surface area contributed by atoms with Gasteiger partial charge in [-0.25, -0.2) is 8.42 Å². The number of pyridine rings is 1. The van der Waals surface area contributed by atoms with Crippen LogP contribution in [0, 0.1) is 6.92 Å². The summed E-state index contributed by atoms with van der Waals surface area (Å²) in [6.45, 7) is 14.5. The average Bonchev–Trinajstić information content (AvgIpc) is 2.95. The molecule has 1 aromatic heterocycles. The van der Waals surface area contributed by atoms with Gasteiger partial charge in [0, 0.05) is 38.3 Å². The van der Waals surface area contributed by atoms with Crippen molar-refractivity contribution in [2.75, 3.05) is 13.2 Å². The van der Waals surface area contributed by atoms with E-state index in [-0.39, 0.29) is 37.0 Å². The third-order valence-corrected chi connectivity index (χ3v) is 8.88. The molecule has 0 amide bonds. The van der Waals surface area contributed by atoms with Crippen LogP contribution in [-0.2, 0) is 33.1 Å². The SMILES string of the molecule is CC.CCCN(Cc1cc(C(CC(=O)OCC)c2ccn(C)c(=O)c2)ccc1C)S(=O)(=O)c1ccccc1C(C)C. The number of aromatic nitrogens is 1. The number of ether oxygens (including phenoxy) is 1. The number of carbonyl (C=O) groups is 1. The van der Waals surface area contributed by atoms with Crippen LogP contribution < -0.4 is 5.56 Å². The summed E-state index contributed by atoms with van der Waals surface area (Å²) in [6.07, 6.45) is 2.43. The minimum atomic E-state index is -3.76. The zero-order chi connectivity index (χ0) is 30.7. The number of hydrogen-bond acceptors (Lipinski definition) is 5. The van der Waals surface area contributed by atoms with Crippen LogP contribution in [0.2, 0.25) is 0 Å². The predicted octanol–water partition coefficient (Wildman–Crippen LogP) is 6.53. The van der Waals surface area contributed by atoms with E-state index in [9.17, 15) is 18.0 Å². The van der Waals surface area contributed by atoms with Crippen LogP contribution in [-0.4, -0.2) is 36.4 Å². The molecule has 1 atom stereocenters. The van der Waals surface area contributed by atoms with Crippen molar-refractivity contribution in [2.45, 2.75) is 84.6 Å². The Labute approximate surface area is 246 Å². The monoisotopic (exact) mass is 582 g/mol. The number of hydrogen-bond donors (Lipinski definition) is 0. The molecule has 0 aliphatic carbocycles. The van der Waals surface area contributed by atoms with E-state index in [1.54, 1.807) is 42.7 Å². The summed E-state index contributed by atoms with van der Waals surface area (Å²) in [5, 5.41) is 0. The van der Waals surface area contributed by atoms with Crippen molar-refractivity contribution in [1.82, 2.24) is 8.87 Å². The molecule has 3 aromatic rings. The Morgan fingerprint density at radius 2 is 1.66 bits per heavy atom. The van der Waals surface area contributed by atoms with Gasteiger partial charge in [-0.3, -0.25) is 9.59 Å². The fourth-order valence-corrected chi connectivity index (χ4v) is 6.59. The molecule has 0 saturated heterocycles. The molecule has 2 aromatic carbocycles. The van der Waals surface area contributed by atoms with Crippen molar-refractivity contribution in [1.29, 1.82) is 0 Å². The average molecular weight is 583 g/mol. The smallest absolute Gasteiger partial charge is 0.306 e. The first-order chi connectivity index (χ1) is 19.5. The number of rotatable bonds is 12. The molecule has 0 saturated carbocycles. The lowest BCUT2D eigenvalue weighted by Crippen LogP contribution is -2.32. The van der Waals surface area contributed by atoms with Crippen LogP contribution in [0.4, 0.5) is 0 Å². The van der Waals surface area contributed by atoms with Gasteiger partial charge in [0.1, 0.15) is 0 Å². The minimum absolute atomic E-state index is 0.0618. The fourth-order valence-electron chi connectivity index (χ4n) is 4.73. The first-order valence-electron chi connectivity index (χ1n) is 14.5. The van der Waals surface area contributed by atoms with Gasteiger partial charge in [-0.05, 0) is 66.1 Å². The molecule has 41 heavy (non-hydrogen) atoms. The van der Waals surface area contributed by atoms with E-state index in [0.29, 0.717) is 23.4 Å². The Bertz CT molecular complexity index is 1460. The highest BCUT2D eigenvalue weighted by atomic mass is 32.2. The van der Waals surface area contributed by atoms with Gasteiger partial charge in [0.25, 0.3) is 5.56 Å². The van der Waals surface area contributed by atoms with Crippen molar-refractivity contribution in [3.8, 4) is 0 Å². The van der Waals surface area contributed by atoms with Gasteiger partial charge in [-0.2, -0.15) is 4.31 Å². The summed E-state index contributed by atoms with van der Waals surface area (Å²) in [4.78, 5) is 25.3. The third-order valence-electron chi connectivity index (χ3n) is 6.96. The maximum Gasteiger partial charge on any atom is 0.306 e. The predicted molar refractivity (Wildman–Crippen MR) is 166 cm³/mol. The van der Waals surface area contributed by atoms with Gasteiger partial charge in [-0.15, -0.1) is 0 Å². The molecule has 0 spiro atoms. The molecule has 0 N–H and O–H groups in total. The van der Waals surface area contributed by atoms with Crippen LogP contribution in [0.25, 0.3) is 0 Å². The van der Waals surface area contributed by atoms with Crippen LogP contribution in [0.1, 0.15) is 94.0 Å². The van der Waals surface area contributed by atoms with Crippen molar-refractivity contribution >= 4 is 16.0 Å². The van der Waals surface area contributed by atoms with Gasteiger partial charge < -0.3 is 9.30 Å². The zero-order valence-corrected chi connectivity index (χ0v) is 26.6. The third kappa shape index (κ3) is 8.63. The number of sulfonamides is 1. The Balaban J connectivity index is 0.00000287. The molecule has 3 rings (SSSR count). The number of esters is 1. The summed E-state index contributed by atoms with van der Waals surface area (Å²) in [5.41, 5.74) is 3.97. The van der Waals surface area contributed by atoms with Crippen LogP contribution in [0.3, 0.4) is 0 Å². The highest BCUT2D eigenvalue weighted by molar-refractivity contribution is 7.89. The minimum Gasteiger partial charge on any atom is -0.466 e. The fraction of sp³-hybridized carbons (Fsp3) is 0.455. The molecule has 0 fully saturated rings. The molecule has 0 radical (unpaired) electrons. The van der Waals surface area contributed by atoms with Gasteiger partial charge in [0.2, 0.25) is 10.0 Å². The zero-order valence-electron chi connectivity index (χ0n) is 25.8. The molecular weight excluding hydrogens is 536 g/mol.